The number of anilines is 1. The molecule has 0 fully saturated rings. The van der Waals surface area contributed by atoms with E-state index in [-0.39, 0.29) is 5.41 Å². The van der Waals surface area contributed by atoms with E-state index < -0.39 is 0 Å². The van der Waals surface area contributed by atoms with Crippen LogP contribution >= 0.6 is 0 Å². The Morgan fingerprint density at radius 1 is 1.14 bits per heavy atom. The number of aryl methyl sites for hydroxylation is 1. The number of hydrogen-bond acceptors (Lipinski definition) is 3. The molecule has 1 heterocycles. The van der Waals surface area contributed by atoms with Gasteiger partial charge in [-0.15, -0.1) is 0 Å². The van der Waals surface area contributed by atoms with Gasteiger partial charge in [-0.3, -0.25) is 4.98 Å². The van der Waals surface area contributed by atoms with E-state index in [0.29, 0.717) is 6.54 Å². The van der Waals surface area contributed by atoms with Crippen LogP contribution in [0.1, 0.15) is 37.6 Å². The fourth-order valence-corrected chi connectivity index (χ4v) is 2.10. The van der Waals surface area contributed by atoms with Crippen LogP contribution in [-0.4, -0.2) is 12.1 Å². The number of hydrogen-bond donors (Lipinski definition) is 1. The van der Waals surface area contributed by atoms with Gasteiger partial charge in [-0.2, -0.15) is 0 Å². The molecule has 3 nitrogen and oxygen atoms in total. The van der Waals surface area contributed by atoms with E-state index in [1.807, 2.05) is 25.3 Å². The molecule has 0 amide bonds. The van der Waals surface area contributed by atoms with Crippen LogP contribution in [0.4, 0.5) is 5.69 Å². The molecular weight excluding hydrogens is 260 g/mol. The average Bonchev–Trinajstić information content (AvgIpc) is 2.45. The maximum absolute atomic E-state index is 5.44. The van der Waals surface area contributed by atoms with Crippen molar-refractivity contribution in [1.29, 1.82) is 0 Å². The first-order valence-electron chi connectivity index (χ1n) is 7.24. The normalized spacial score (nSPS) is 11.3. The van der Waals surface area contributed by atoms with Crippen molar-refractivity contribution in [1.82, 2.24) is 4.98 Å². The van der Waals surface area contributed by atoms with Crippen molar-refractivity contribution in [2.45, 2.75) is 39.7 Å². The zero-order valence-electron chi connectivity index (χ0n) is 13.5. The molecule has 112 valence electrons. The fraction of sp³-hybridized carbons (Fsp3) is 0.389. The topological polar surface area (TPSA) is 34.1 Å². The number of pyridine rings is 1. The van der Waals surface area contributed by atoms with Crippen LogP contribution in [0.3, 0.4) is 0 Å². The molecule has 1 N–H and O–H groups in total. The Morgan fingerprint density at radius 3 is 2.48 bits per heavy atom. The van der Waals surface area contributed by atoms with Gasteiger partial charge in [0, 0.05) is 6.20 Å². The van der Waals surface area contributed by atoms with Gasteiger partial charge in [0.2, 0.25) is 0 Å². The maximum Gasteiger partial charge on any atom is 0.141 e. The Morgan fingerprint density at radius 2 is 1.90 bits per heavy atom. The summed E-state index contributed by atoms with van der Waals surface area (Å²) in [6, 6.07) is 10.4. The van der Waals surface area contributed by atoms with Gasteiger partial charge in [-0.25, -0.2) is 0 Å². The largest absolute Gasteiger partial charge is 0.495 e. The summed E-state index contributed by atoms with van der Waals surface area (Å²) >= 11 is 0. The van der Waals surface area contributed by atoms with E-state index >= 15 is 0 Å². The SMILES string of the molecule is COc1ccc(C(C)(C)C)cc1NCc1ccc(C)cn1. The highest BCUT2D eigenvalue weighted by atomic mass is 16.5. The Hall–Kier alpha value is -2.03. The van der Waals surface area contributed by atoms with Crippen LogP contribution in [0.15, 0.2) is 36.5 Å². The minimum absolute atomic E-state index is 0.116. The molecular formula is C18H24N2O. The van der Waals surface area contributed by atoms with Crippen LogP contribution in [-0.2, 0) is 12.0 Å². The minimum Gasteiger partial charge on any atom is -0.495 e. The highest BCUT2D eigenvalue weighted by molar-refractivity contribution is 5.59. The summed E-state index contributed by atoms with van der Waals surface area (Å²) in [5, 5.41) is 3.42. The molecule has 21 heavy (non-hydrogen) atoms. The zero-order valence-corrected chi connectivity index (χ0v) is 13.5. The van der Waals surface area contributed by atoms with Crippen molar-refractivity contribution in [2.24, 2.45) is 0 Å². The zero-order chi connectivity index (χ0) is 15.5. The minimum atomic E-state index is 0.116. The van der Waals surface area contributed by atoms with Crippen molar-refractivity contribution >= 4 is 5.69 Å². The number of ether oxygens (including phenoxy) is 1. The maximum atomic E-state index is 5.44. The number of aromatic nitrogens is 1. The second kappa shape index (κ2) is 6.17. The first-order chi connectivity index (χ1) is 9.90. The summed E-state index contributed by atoms with van der Waals surface area (Å²) in [6.07, 6.45) is 1.89. The smallest absolute Gasteiger partial charge is 0.141 e. The molecule has 0 radical (unpaired) electrons. The summed E-state index contributed by atoms with van der Waals surface area (Å²) in [6.45, 7) is 9.35. The van der Waals surface area contributed by atoms with Gasteiger partial charge in [0.15, 0.2) is 0 Å². The quantitative estimate of drug-likeness (QED) is 0.908. The highest BCUT2D eigenvalue weighted by Gasteiger charge is 2.15. The van der Waals surface area contributed by atoms with Crippen LogP contribution in [0, 0.1) is 6.92 Å². The van der Waals surface area contributed by atoms with Crippen LogP contribution in [0.5, 0.6) is 5.75 Å². The van der Waals surface area contributed by atoms with Crippen LogP contribution in [0.25, 0.3) is 0 Å². The molecule has 0 bridgehead atoms. The lowest BCUT2D eigenvalue weighted by Crippen LogP contribution is -2.12. The van der Waals surface area contributed by atoms with Crippen LogP contribution < -0.4 is 10.1 Å². The predicted octanol–water partition coefficient (Wildman–Crippen LogP) is 4.31. The lowest BCUT2D eigenvalue weighted by Gasteiger charge is -2.21. The van der Waals surface area contributed by atoms with E-state index in [1.54, 1.807) is 7.11 Å². The molecule has 0 saturated heterocycles. The second-order valence-corrected chi connectivity index (χ2v) is 6.35. The van der Waals surface area contributed by atoms with E-state index in [1.165, 1.54) is 11.1 Å². The molecule has 0 aliphatic rings. The third kappa shape index (κ3) is 3.97. The lowest BCUT2D eigenvalue weighted by atomic mass is 9.87. The van der Waals surface area contributed by atoms with Gasteiger partial charge in [-0.1, -0.05) is 32.9 Å². The number of nitrogens with zero attached hydrogens (tertiary/aromatic N) is 1. The summed E-state index contributed by atoms with van der Waals surface area (Å²) in [7, 11) is 1.70. The summed E-state index contributed by atoms with van der Waals surface area (Å²) in [5.41, 5.74) is 4.59. The molecule has 2 rings (SSSR count). The third-order valence-electron chi connectivity index (χ3n) is 3.50. The third-order valence-corrected chi connectivity index (χ3v) is 3.50. The number of nitrogens with one attached hydrogen (secondary N) is 1. The highest BCUT2D eigenvalue weighted by Crippen LogP contribution is 2.31. The molecule has 0 unspecified atom stereocenters. The lowest BCUT2D eigenvalue weighted by molar-refractivity contribution is 0.416. The number of rotatable bonds is 4. The molecule has 0 atom stereocenters. The van der Waals surface area contributed by atoms with Gasteiger partial charge in [0.1, 0.15) is 5.75 Å². The number of benzene rings is 1. The Kier molecular flexibility index (Phi) is 4.51. The van der Waals surface area contributed by atoms with Crippen LogP contribution in [0.2, 0.25) is 0 Å². The Labute approximate surface area is 127 Å². The summed E-state index contributed by atoms with van der Waals surface area (Å²) in [5.74, 6) is 0.857. The molecule has 2 aromatic rings. The van der Waals surface area contributed by atoms with E-state index in [4.69, 9.17) is 4.74 Å². The van der Waals surface area contributed by atoms with E-state index in [0.717, 1.165) is 17.1 Å². The molecule has 0 saturated carbocycles. The van der Waals surface area contributed by atoms with Gasteiger partial charge in [0.05, 0.1) is 25.0 Å². The standard InChI is InChI=1S/C18H24N2O/c1-13-6-8-15(19-11-13)12-20-16-10-14(18(2,3)4)7-9-17(16)21-5/h6-11,20H,12H2,1-5H3. The van der Waals surface area contributed by atoms with Gasteiger partial charge in [-0.05, 0) is 41.7 Å². The van der Waals surface area contributed by atoms with Crippen molar-refractivity contribution in [3.63, 3.8) is 0 Å². The Balaban J connectivity index is 2.19. The predicted molar refractivity (Wildman–Crippen MR) is 88.0 cm³/mol. The van der Waals surface area contributed by atoms with E-state index in [9.17, 15) is 0 Å². The van der Waals surface area contributed by atoms with Gasteiger partial charge in [0.25, 0.3) is 0 Å². The monoisotopic (exact) mass is 284 g/mol. The molecule has 0 aliphatic carbocycles. The first kappa shape index (κ1) is 15.4. The summed E-state index contributed by atoms with van der Waals surface area (Å²) < 4.78 is 5.44. The van der Waals surface area contributed by atoms with Gasteiger partial charge < -0.3 is 10.1 Å². The van der Waals surface area contributed by atoms with Crippen molar-refractivity contribution in [2.75, 3.05) is 12.4 Å². The molecule has 0 spiro atoms. The van der Waals surface area contributed by atoms with Crippen molar-refractivity contribution in [3.8, 4) is 5.75 Å². The molecule has 1 aromatic carbocycles. The summed E-state index contributed by atoms with van der Waals surface area (Å²) in [4.78, 5) is 4.42. The molecule has 3 heteroatoms. The molecule has 1 aromatic heterocycles. The van der Waals surface area contributed by atoms with Crippen molar-refractivity contribution < 1.29 is 4.74 Å². The van der Waals surface area contributed by atoms with Crippen molar-refractivity contribution in [3.05, 3.63) is 53.3 Å². The second-order valence-electron chi connectivity index (χ2n) is 6.35. The average molecular weight is 284 g/mol. The van der Waals surface area contributed by atoms with E-state index in [2.05, 4.69) is 49.3 Å². The fourth-order valence-electron chi connectivity index (χ4n) is 2.10. The molecule has 0 aliphatic heterocycles. The first-order valence-corrected chi connectivity index (χ1v) is 7.24. The Bertz CT molecular complexity index is 598. The number of methoxy groups -OCH3 is 1. The van der Waals surface area contributed by atoms with Gasteiger partial charge >= 0.3 is 0 Å².